The van der Waals surface area contributed by atoms with Gasteiger partial charge in [-0.05, 0) is 6.07 Å². The van der Waals surface area contributed by atoms with Crippen LogP contribution in [0.5, 0.6) is 0 Å². The number of halogens is 2. The molecule has 2 rings (SSSR count). The molecule has 1 amide bonds. The van der Waals surface area contributed by atoms with Crippen LogP contribution in [-0.4, -0.2) is 36.4 Å². The highest BCUT2D eigenvalue weighted by atomic mass is 19.2. The number of nitrogens with one attached hydrogen (secondary N) is 1. The maximum absolute atomic E-state index is 13.4. The normalized spacial score (nSPS) is 22.5. The van der Waals surface area contributed by atoms with Gasteiger partial charge in [-0.25, -0.2) is 8.78 Å². The number of hydrogen-bond donors (Lipinski definition) is 2. The number of carbonyl (C=O) groups excluding carboxylic acids is 1. The minimum absolute atomic E-state index is 0.00726. The molecule has 0 saturated carbocycles. The first-order valence-corrected chi connectivity index (χ1v) is 6.00. The summed E-state index contributed by atoms with van der Waals surface area (Å²) >= 11 is 0. The molecule has 0 radical (unpaired) electrons. The van der Waals surface area contributed by atoms with Crippen molar-refractivity contribution in [1.29, 1.82) is 0 Å². The Bertz CT molecular complexity index is 473. The second-order valence-electron chi connectivity index (χ2n) is 4.69. The largest absolute Gasteiger partial charge is 0.386 e. The number of ether oxygens (including phenoxy) is 1. The van der Waals surface area contributed by atoms with E-state index in [0.29, 0.717) is 13.0 Å². The van der Waals surface area contributed by atoms with Crippen LogP contribution in [-0.2, 0) is 16.0 Å². The van der Waals surface area contributed by atoms with E-state index in [1.807, 2.05) is 0 Å². The quantitative estimate of drug-likeness (QED) is 0.850. The van der Waals surface area contributed by atoms with Crippen LogP contribution >= 0.6 is 0 Å². The lowest BCUT2D eigenvalue weighted by molar-refractivity contribution is -0.121. The molecule has 1 heterocycles. The van der Waals surface area contributed by atoms with Crippen molar-refractivity contribution in [2.24, 2.45) is 0 Å². The molecule has 1 aromatic rings. The van der Waals surface area contributed by atoms with Gasteiger partial charge in [-0.3, -0.25) is 4.79 Å². The number of amides is 1. The summed E-state index contributed by atoms with van der Waals surface area (Å²) in [5.41, 5.74) is -1.07. The summed E-state index contributed by atoms with van der Waals surface area (Å²) < 4.78 is 31.3. The third-order valence-corrected chi connectivity index (χ3v) is 3.08. The van der Waals surface area contributed by atoms with Crippen LogP contribution in [0, 0.1) is 11.6 Å². The van der Waals surface area contributed by atoms with Crippen LogP contribution in [0.4, 0.5) is 8.78 Å². The van der Waals surface area contributed by atoms with Crippen molar-refractivity contribution in [3.05, 3.63) is 35.4 Å². The number of carbonyl (C=O) groups is 1. The topological polar surface area (TPSA) is 58.6 Å². The minimum Gasteiger partial charge on any atom is -0.386 e. The molecule has 1 aliphatic heterocycles. The van der Waals surface area contributed by atoms with Gasteiger partial charge in [0.15, 0.2) is 11.6 Å². The van der Waals surface area contributed by atoms with E-state index in [2.05, 4.69) is 5.32 Å². The van der Waals surface area contributed by atoms with E-state index in [-0.39, 0.29) is 25.1 Å². The van der Waals surface area contributed by atoms with E-state index >= 15 is 0 Å². The molecule has 1 fully saturated rings. The fourth-order valence-corrected chi connectivity index (χ4v) is 1.92. The lowest BCUT2D eigenvalue weighted by Crippen LogP contribution is -2.43. The van der Waals surface area contributed by atoms with Crippen molar-refractivity contribution < 1.29 is 23.4 Å². The lowest BCUT2D eigenvalue weighted by atomic mass is 10.0. The summed E-state index contributed by atoms with van der Waals surface area (Å²) in [6.07, 6.45) is 0.183. The number of rotatable bonds is 4. The zero-order valence-corrected chi connectivity index (χ0v) is 10.3. The molecule has 104 valence electrons. The van der Waals surface area contributed by atoms with Crippen molar-refractivity contribution in [3.63, 3.8) is 0 Å². The van der Waals surface area contributed by atoms with E-state index in [1.165, 1.54) is 12.1 Å². The van der Waals surface area contributed by atoms with E-state index in [0.717, 1.165) is 6.07 Å². The van der Waals surface area contributed by atoms with Crippen molar-refractivity contribution in [2.45, 2.75) is 18.4 Å². The zero-order chi connectivity index (χ0) is 13.9. The van der Waals surface area contributed by atoms with E-state index in [1.54, 1.807) is 0 Å². The third kappa shape index (κ3) is 3.48. The average molecular weight is 271 g/mol. The molecular weight excluding hydrogens is 256 g/mol. The highest BCUT2D eigenvalue weighted by Gasteiger charge is 2.32. The Morgan fingerprint density at radius 1 is 1.47 bits per heavy atom. The van der Waals surface area contributed by atoms with Crippen LogP contribution in [0.15, 0.2) is 18.2 Å². The molecule has 4 nitrogen and oxygen atoms in total. The van der Waals surface area contributed by atoms with E-state index in [4.69, 9.17) is 4.74 Å². The highest BCUT2D eigenvalue weighted by Crippen LogP contribution is 2.17. The van der Waals surface area contributed by atoms with Gasteiger partial charge in [-0.2, -0.15) is 0 Å². The summed E-state index contributed by atoms with van der Waals surface area (Å²) in [7, 11) is 0. The Morgan fingerprint density at radius 2 is 2.26 bits per heavy atom. The molecule has 0 bridgehead atoms. The monoisotopic (exact) mass is 271 g/mol. The van der Waals surface area contributed by atoms with Crippen molar-refractivity contribution in [1.82, 2.24) is 5.32 Å². The van der Waals surface area contributed by atoms with Gasteiger partial charge in [0.25, 0.3) is 0 Å². The second kappa shape index (κ2) is 5.63. The van der Waals surface area contributed by atoms with Crippen LogP contribution < -0.4 is 5.32 Å². The summed E-state index contributed by atoms with van der Waals surface area (Å²) in [4.78, 5) is 11.6. The van der Waals surface area contributed by atoms with Crippen LogP contribution in [0.1, 0.15) is 12.0 Å². The van der Waals surface area contributed by atoms with Crippen LogP contribution in [0.25, 0.3) is 0 Å². The van der Waals surface area contributed by atoms with Crippen molar-refractivity contribution in [2.75, 3.05) is 19.8 Å². The van der Waals surface area contributed by atoms with E-state index in [9.17, 15) is 18.7 Å². The van der Waals surface area contributed by atoms with Crippen LogP contribution in [0.2, 0.25) is 0 Å². The molecular formula is C13H15F2NO3. The third-order valence-electron chi connectivity index (χ3n) is 3.08. The molecule has 0 unspecified atom stereocenters. The molecule has 2 N–H and O–H groups in total. The fraction of sp³-hybridized carbons (Fsp3) is 0.462. The number of benzene rings is 1. The lowest BCUT2D eigenvalue weighted by Gasteiger charge is -2.20. The minimum atomic E-state index is -1.06. The standard InChI is InChI=1S/C13H15F2NO3/c14-10-3-1-2-9(12(10)15)6-11(17)16-7-13(18)4-5-19-8-13/h1-3,18H,4-8H2,(H,16,17)/t13-/m0/s1. The Balaban J connectivity index is 1.89. The molecule has 6 heteroatoms. The van der Waals surface area contributed by atoms with Crippen molar-refractivity contribution >= 4 is 5.91 Å². The maximum Gasteiger partial charge on any atom is 0.224 e. The summed E-state index contributed by atoms with van der Waals surface area (Å²) in [6, 6.07) is 3.69. The summed E-state index contributed by atoms with van der Waals surface area (Å²) in [5, 5.41) is 12.4. The predicted molar refractivity (Wildman–Crippen MR) is 63.5 cm³/mol. The smallest absolute Gasteiger partial charge is 0.224 e. The molecule has 1 atom stereocenters. The second-order valence-corrected chi connectivity index (χ2v) is 4.69. The SMILES string of the molecule is O=C(Cc1cccc(F)c1F)NC[C@@]1(O)CCOC1. The van der Waals surface area contributed by atoms with Gasteiger partial charge in [0.05, 0.1) is 13.0 Å². The molecule has 0 spiro atoms. The number of hydrogen-bond acceptors (Lipinski definition) is 3. The Labute approximate surface area is 109 Å². The first kappa shape index (κ1) is 13.9. The molecule has 0 aromatic heterocycles. The van der Waals surface area contributed by atoms with Crippen LogP contribution in [0.3, 0.4) is 0 Å². The molecule has 0 aliphatic carbocycles. The van der Waals surface area contributed by atoms with Gasteiger partial charge in [-0.1, -0.05) is 12.1 Å². The molecule has 19 heavy (non-hydrogen) atoms. The van der Waals surface area contributed by atoms with Gasteiger partial charge in [0.1, 0.15) is 5.60 Å². The Kier molecular flexibility index (Phi) is 4.11. The van der Waals surface area contributed by atoms with Crippen molar-refractivity contribution in [3.8, 4) is 0 Å². The van der Waals surface area contributed by atoms with Gasteiger partial charge >= 0.3 is 0 Å². The number of aliphatic hydroxyl groups is 1. The van der Waals surface area contributed by atoms with Gasteiger partial charge in [-0.15, -0.1) is 0 Å². The first-order chi connectivity index (χ1) is 9.00. The first-order valence-electron chi connectivity index (χ1n) is 6.00. The van der Waals surface area contributed by atoms with Gasteiger partial charge in [0, 0.05) is 25.1 Å². The van der Waals surface area contributed by atoms with Gasteiger partial charge in [0.2, 0.25) is 5.91 Å². The van der Waals surface area contributed by atoms with Gasteiger partial charge < -0.3 is 15.2 Å². The summed E-state index contributed by atoms with van der Waals surface area (Å²) in [6.45, 7) is 0.662. The summed E-state index contributed by atoms with van der Waals surface area (Å²) in [5.74, 6) is -2.46. The van der Waals surface area contributed by atoms with E-state index < -0.39 is 23.1 Å². The predicted octanol–water partition coefficient (Wildman–Crippen LogP) is 0.775. The fourth-order valence-electron chi connectivity index (χ4n) is 1.92. The Hall–Kier alpha value is -1.53. The zero-order valence-electron chi connectivity index (χ0n) is 10.3. The maximum atomic E-state index is 13.4. The average Bonchev–Trinajstić information content (AvgIpc) is 2.80. The molecule has 1 saturated heterocycles. The highest BCUT2D eigenvalue weighted by molar-refractivity contribution is 5.78. The Morgan fingerprint density at radius 3 is 2.95 bits per heavy atom. The molecule has 1 aliphatic rings. The molecule has 1 aromatic carbocycles.